The number of carbonyl (C=O) groups excluding carboxylic acids is 3. The molecule has 0 saturated carbocycles. The smallest absolute Gasteiger partial charge is 0.408 e. The summed E-state index contributed by atoms with van der Waals surface area (Å²) in [4.78, 5) is 39.9. The molecule has 3 amide bonds. The maximum Gasteiger partial charge on any atom is 0.408 e. The van der Waals surface area contributed by atoms with E-state index in [2.05, 4.69) is 20.8 Å². The highest BCUT2D eigenvalue weighted by atomic mass is 32.2. The number of phenols is 1. The van der Waals surface area contributed by atoms with Crippen LogP contribution < -0.4 is 5.32 Å². The Balaban J connectivity index is 0.958. The maximum absolute atomic E-state index is 13.3. The van der Waals surface area contributed by atoms with Crippen molar-refractivity contribution in [3.05, 3.63) is 155 Å². The number of ether oxygens (including phenoxy) is 3. The average Bonchev–Trinajstić information content (AvgIpc) is 3.85. The summed E-state index contributed by atoms with van der Waals surface area (Å²) < 4.78 is 20.1. The minimum absolute atomic E-state index is 0.0450. The maximum atomic E-state index is 13.3. The molecule has 2 fully saturated rings. The molecule has 14 nitrogen and oxygen atoms in total. The molecule has 3 heterocycles. The van der Waals surface area contributed by atoms with Gasteiger partial charge in [0.05, 0.1) is 37.5 Å². The quantitative estimate of drug-likeness (QED) is 0.0863. The van der Waals surface area contributed by atoms with Gasteiger partial charge in [-0.3, -0.25) is 14.5 Å². The number of carbonyl (C=O) groups is 3. The number of thioether (sulfide) groups is 1. The highest BCUT2D eigenvalue weighted by molar-refractivity contribution is 7.99. The van der Waals surface area contributed by atoms with Crippen LogP contribution in [-0.2, 0) is 43.6 Å². The Morgan fingerprint density at radius 1 is 0.831 bits per heavy atom. The molecule has 5 aromatic carbocycles. The number of nitrogens with zero attached hydrogens (tertiary/aromatic N) is 5. The number of rotatable bonds is 13. The van der Waals surface area contributed by atoms with Crippen LogP contribution in [0.15, 0.2) is 133 Å². The summed E-state index contributed by atoms with van der Waals surface area (Å²) >= 11 is 1.45. The standard InChI is InChI=1S/C44H40N6O8S/c51-25-28-12-14-31(15-13-28)39-22-37(27-59-43-46-47-48-50(43)35-16-18-36(52)19-17-35)57-42(58-39)34-11-5-10-33(21-34)32-9-4-8-30(20-32)24-49-40(53)23-38(41(49)54)45-44(55)56-26-29-6-2-1-3-7-29/h1-21,37-39,42,51-52H,22-27H2,(H,45,55)/t37-,38?,39+,42+/m1/s1. The number of imide groups is 1. The lowest BCUT2D eigenvalue weighted by molar-refractivity contribution is -0.245. The molecule has 2 aliphatic rings. The fourth-order valence-electron chi connectivity index (χ4n) is 6.98. The number of phenolic OH excluding ortho intramolecular Hbond substituents is 1. The van der Waals surface area contributed by atoms with E-state index in [-0.39, 0.29) is 50.0 Å². The Bertz CT molecular complexity index is 2410. The van der Waals surface area contributed by atoms with Crippen molar-refractivity contribution in [2.45, 2.75) is 62.3 Å². The minimum atomic E-state index is -1.01. The van der Waals surface area contributed by atoms with Gasteiger partial charge in [0.15, 0.2) is 6.29 Å². The third kappa shape index (κ3) is 9.50. The molecule has 2 saturated heterocycles. The average molecular weight is 813 g/mol. The van der Waals surface area contributed by atoms with Crippen molar-refractivity contribution in [3.8, 4) is 22.6 Å². The van der Waals surface area contributed by atoms with Gasteiger partial charge in [-0.1, -0.05) is 103 Å². The Morgan fingerprint density at radius 3 is 2.36 bits per heavy atom. The van der Waals surface area contributed by atoms with Crippen LogP contribution in [0.25, 0.3) is 16.8 Å². The number of hydrogen-bond donors (Lipinski definition) is 3. The fourth-order valence-corrected chi connectivity index (χ4v) is 7.89. The van der Waals surface area contributed by atoms with Crippen molar-refractivity contribution in [2.75, 3.05) is 5.75 Å². The van der Waals surface area contributed by atoms with Gasteiger partial charge >= 0.3 is 6.09 Å². The van der Waals surface area contributed by atoms with E-state index >= 15 is 0 Å². The molecule has 0 radical (unpaired) electrons. The number of amides is 3. The first-order chi connectivity index (χ1) is 28.8. The second kappa shape index (κ2) is 18.0. The van der Waals surface area contributed by atoms with Gasteiger partial charge in [0.1, 0.15) is 18.4 Å². The number of alkyl carbamates (subject to hydrolysis) is 1. The van der Waals surface area contributed by atoms with Gasteiger partial charge in [0, 0.05) is 17.7 Å². The van der Waals surface area contributed by atoms with Crippen LogP contribution in [0.1, 0.15) is 53.1 Å². The van der Waals surface area contributed by atoms with Gasteiger partial charge in [-0.05, 0) is 80.2 Å². The van der Waals surface area contributed by atoms with Crippen molar-refractivity contribution >= 4 is 29.7 Å². The first-order valence-electron chi connectivity index (χ1n) is 19.0. The van der Waals surface area contributed by atoms with Gasteiger partial charge in [-0.2, -0.15) is 4.68 Å². The number of benzene rings is 5. The summed E-state index contributed by atoms with van der Waals surface area (Å²) in [5.74, 6) is -0.210. The van der Waals surface area contributed by atoms with Gasteiger partial charge in [0.25, 0.3) is 5.91 Å². The zero-order chi connectivity index (χ0) is 40.7. The normalized spacial score (nSPS) is 19.2. The number of aliphatic hydroxyl groups is 1. The molecule has 1 aromatic heterocycles. The summed E-state index contributed by atoms with van der Waals surface area (Å²) in [6.07, 6.45) is -1.66. The molecule has 300 valence electrons. The van der Waals surface area contributed by atoms with Crippen LogP contribution in [0, 0.1) is 0 Å². The van der Waals surface area contributed by atoms with Crippen molar-refractivity contribution < 1.29 is 38.8 Å². The molecule has 4 atom stereocenters. The summed E-state index contributed by atoms with van der Waals surface area (Å²) in [6, 6.07) is 37.9. The number of likely N-dealkylation sites (tertiary alicyclic amines) is 1. The van der Waals surface area contributed by atoms with Gasteiger partial charge in [0.2, 0.25) is 11.1 Å². The van der Waals surface area contributed by atoms with E-state index in [0.717, 1.165) is 43.8 Å². The van der Waals surface area contributed by atoms with E-state index in [1.54, 1.807) is 28.9 Å². The van der Waals surface area contributed by atoms with Crippen molar-refractivity contribution in [2.24, 2.45) is 0 Å². The lowest BCUT2D eigenvalue weighted by atomic mass is 9.99. The van der Waals surface area contributed by atoms with E-state index in [1.165, 1.54) is 11.8 Å². The van der Waals surface area contributed by atoms with E-state index in [1.807, 2.05) is 103 Å². The van der Waals surface area contributed by atoms with Crippen LogP contribution in [0.5, 0.6) is 5.75 Å². The third-order valence-corrected chi connectivity index (χ3v) is 11.1. The van der Waals surface area contributed by atoms with Crippen LogP contribution in [0.3, 0.4) is 0 Å². The van der Waals surface area contributed by atoms with E-state index < -0.39 is 24.3 Å². The predicted octanol–water partition coefficient (Wildman–Crippen LogP) is 6.42. The van der Waals surface area contributed by atoms with Crippen molar-refractivity contribution in [1.29, 1.82) is 0 Å². The number of nitrogens with one attached hydrogen (secondary N) is 1. The Morgan fingerprint density at radius 2 is 1.58 bits per heavy atom. The fraction of sp³-hybridized carbons (Fsp3) is 0.227. The van der Waals surface area contributed by atoms with Gasteiger partial charge < -0.3 is 29.7 Å². The van der Waals surface area contributed by atoms with Gasteiger partial charge in [-0.25, -0.2) is 4.79 Å². The van der Waals surface area contributed by atoms with E-state index in [0.29, 0.717) is 23.0 Å². The van der Waals surface area contributed by atoms with Crippen LogP contribution >= 0.6 is 11.8 Å². The lowest BCUT2D eigenvalue weighted by Gasteiger charge is -2.36. The highest BCUT2D eigenvalue weighted by Gasteiger charge is 2.40. The Labute approximate surface area is 343 Å². The largest absolute Gasteiger partial charge is 0.508 e. The second-order valence-corrected chi connectivity index (χ2v) is 15.1. The molecule has 59 heavy (non-hydrogen) atoms. The lowest BCUT2D eigenvalue weighted by Crippen LogP contribution is -2.41. The summed E-state index contributed by atoms with van der Waals surface area (Å²) in [7, 11) is 0. The minimum Gasteiger partial charge on any atom is -0.508 e. The zero-order valence-corrected chi connectivity index (χ0v) is 32.5. The monoisotopic (exact) mass is 812 g/mol. The summed E-state index contributed by atoms with van der Waals surface area (Å²) in [5.41, 5.74) is 6.55. The Hall–Kier alpha value is -6.39. The molecular formula is C44H40N6O8S. The van der Waals surface area contributed by atoms with Crippen LogP contribution in [0.2, 0.25) is 0 Å². The van der Waals surface area contributed by atoms with Gasteiger partial charge in [-0.15, -0.1) is 5.10 Å². The summed E-state index contributed by atoms with van der Waals surface area (Å²) in [5, 5.41) is 34.7. The molecule has 0 aliphatic carbocycles. The van der Waals surface area contributed by atoms with Crippen LogP contribution in [0.4, 0.5) is 4.79 Å². The molecule has 0 spiro atoms. The molecule has 15 heteroatoms. The second-order valence-electron chi connectivity index (χ2n) is 14.2. The number of aliphatic hydroxyl groups excluding tert-OH is 1. The summed E-state index contributed by atoms with van der Waals surface area (Å²) in [6.45, 7) is 0.0296. The van der Waals surface area contributed by atoms with E-state index in [4.69, 9.17) is 14.2 Å². The highest BCUT2D eigenvalue weighted by Crippen LogP contribution is 2.40. The molecule has 0 bridgehead atoms. The SMILES string of the molecule is O=C(NC1CC(=O)N(Cc2cccc(-c3cccc([C@H]4O[C@@H](CSc5nnnn5-c5ccc(O)cc5)C[C@@H](c5ccc(CO)cc5)O4)c3)c2)C1=O)OCc1ccccc1. The number of aromatic hydroxyl groups is 1. The first-order valence-corrected chi connectivity index (χ1v) is 20.0. The number of aromatic nitrogens is 4. The topological polar surface area (TPSA) is 178 Å². The first kappa shape index (κ1) is 39.4. The molecule has 6 aromatic rings. The zero-order valence-electron chi connectivity index (χ0n) is 31.7. The number of tetrazole rings is 1. The molecule has 2 aliphatic heterocycles. The Kier molecular flexibility index (Phi) is 12.1. The van der Waals surface area contributed by atoms with E-state index in [9.17, 15) is 24.6 Å². The third-order valence-electron chi connectivity index (χ3n) is 10.1. The van der Waals surface area contributed by atoms with Crippen molar-refractivity contribution in [3.63, 3.8) is 0 Å². The molecular weight excluding hydrogens is 773 g/mol. The molecule has 3 N–H and O–H groups in total. The molecule has 8 rings (SSSR count). The number of hydrogen-bond acceptors (Lipinski definition) is 12. The van der Waals surface area contributed by atoms with Crippen LogP contribution in [-0.4, -0.2) is 71.1 Å². The predicted molar refractivity (Wildman–Crippen MR) is 216 cm³/mol. The molecule has 1 unspecified atom stereocenters. The van der Waals surface area contributed by atoms with Crippen molar-refractivity contribution in [1.82, 2.24) is 30.4 Å².